The molecular formula is C20H31N3O4S. The van der Waals surface area contributed by atoms with Crippen LogP contribution in [-0.2, 0) is 25.4 Å². The van der Waals surface area contributed by atoms with Gasteiger partial charge in [0.05, 0.1) is 5.25 Å². The average molecular weight is 410 g/mol. The molecule has 0 aromatic rings. The van der Waals surface area contributed by atoms with Crippen LogP contribution in [0.4, 0.5) is 0 Å². The van der Waals surface area contributed by atoms with E-state index in [9.17, 15) is 18.6 Å². The Kier molecular flexibility index (Phi) is 7.65. The van der Waals surface area contributed by atoms with Crippen LogP contribution in [0.3, 0.4) is 0 Å². The van der Waals surface area contributed by atoms with Crippen LogP contribution in [0.2, 0.25) is 0 Å². The molecule has 2 N–H and O–H groups in total. The molecule has 156 valence electrons. The monoisotopic (exact) mass is 409 g/mol. The lowest BCUT2D eigenvalue weighted by atomic mass is 10.1. The fourth-order valence-electron chi connectivity index (χ4n) is 3.76. The summed E-state index contributed by atoms with van der Waals surface area (Å²) >= 11 is 0. The second-order valence-electron chi connectivity index (χ2n) is 7.93. The summed E-state index contributed by atoms with van der Waals surface area (Å²) in [6.07, 6.45) is 12.8. The fourth-order valence-corrected chi connectivity index (χ4v) is 4.83. The van der Waals surface area contributed by atoms with E-state index in [1.165, 1.54) is 0 Å². The van der Waals surface area contributed by atoms with E-state index in [1.807, 2.05) is 12.2 Å². The lowest BCUT2D eigenvalue weighted by Crippen LogP contribution is -2.53. The first-order valence-corrected chi connectivity index (χ1v) is 11.7. The van der Waals surface area contributed by atoms with Crippen molar-refractivity contribution in [3.05, 3.63) is 12.2 Å². The van der Waals surface area contributed by atoms with Crippen LogP contribution in [-0.4, -0.2) is 50.7 Å². The number of rotatable bonds is 3. The van der Waals surface area contributed by atoms with E-state index >= 15 is 0 Å². The molecule has 2 unspecified atom stereocenters. The summed E-state index contributed by atoms with van der Waals surface area (Å²) < 4.78 is 14.6. The minimum absolute atomic E-state index is 0.0292. The molecule has 28 heavy (non-hydrogen) atoms. The zero-order valence-electron chi connectivity index (χ0n) is 16.4. The number of allylic oxidation sites excluding steroid dienone is 1. The molecule has 3 rings (SSSR count). The third kappa shape index (κ3) is 5.90. The molecule has 3 aliphatic rings. The van der Waals surface area contributed by atoms with E-state index in [-0.39, 0.29) is 17.1 Å². The van der Waals surface area contributed by atoms with Crippen molar-refractivity contribution < 1.29 is 18.6 Å². The number of carbonyl (C=O) groups is 3. The zero-order valence-corrected chi connectivity index (χ0v) is 17.2. The minimum Gasteiger partial charge on any atom is -0.342 e. The highest BCUT2D eigenvalue weighted by atomic mass is 32.2. The molecule has 0 bridgehead atoms. The molecule has 0 spiro atoms. The van der Waals surface area contributed by atoms with Crippen LogP contribution in [0.15, 0.2) is 12.2 Å². The molecular weight excluding hydrogens is 378 g/mol. The third-order valence-electron chi connectivity index (χ3n) is 5.59. The normalized spacial score (nSPS) is 29.8. The van der Waals surface area contributed by atoms with Crippen molar-refractivity contribution in [2.24, 2.45) is 0 Å². The van der Waals surface area contributed by atoms with Gasteiger partial charge < -0.3 is 10.2 Å². The van der Waals surface area contributed by atoms with E-state index in [4.69, 9.17) is 0 Å². The molecule has 2 heterocycles. The lowest BCUT2D eigenvalue weighted by Gasteiger charge is -2.26. The molecule has 3 atom stereocenters. The van der Waals surface area contributed by atoms with E-state index in [0.717, 1.165) is 51.4 Å². The van der Waals surface area contributed by atoms with Gasteiger partial charge in [0, 0.05) is 13.0 Å². The second kappa shape index (κ2) is 10.2. The van der Waals surface area contributed by atoms with E-state index < -0.39 is 29.0 Å². The Bertz CT molecular complexity index is 647. The summed E-state index contributed by atoms with van der Waals surface area (Å²) in [5.74, 6) is -0.670. The van der Waals surface area contributed by atoms with Gasteiger partial charge in [-0.3, -0.25) is 19.1 Å². The highest BCUT2D eigenvalue weighted by Crippen LogP contribution is 2.25. The first-order valence-electron chi connectivity index (χ1n) is 10.5. The average Bonchev–Trinajstić information content (AvgIpc) is 3.41. The number of amides is 3. The number of nitrogens with one attached hydrogen (secondary N) is 2. The molecule has 0 radical (unpaired) electrons. The fraction of sp³-hybridized carbons (Fsp3) is 0.750. The van der Waals surface area contributed by atoms with Gasteiger partial charge in [-0.15, -0.1) is 0 Å². The topological polar surface area (TPSA) is 95.6 Å². The largest absolute Gasteiger partial charge is 0.342 e. The summed E-state index contributed by atoms with van der Waals surface area (Å²) in [4.78, 5) is 39.7. The van der Waals surface area contributed by atoms with Gasteiger partial charge in [0.25, 0.3) is 5.91 Å². The summed E-state index contributed by atoms with van der Waals surface area (Å²) in [7, 11) is -1.39. The maximum absolute atomic E-state index is 12.8. The summed E-state index contributed by atoms with van der Waals surface area (Å²) in [6.45, 7) is 0.597. The van der Waals surface area contributed by atoms with Crippen LogP contribution >= 0.6 is 0 Å². The molecule has 2 fully saturated rings. The van der Waals surface area contributed by atoms with Crippen molar-refractivity contribution in [3.8, 4) is 0 Å². The van der Waals surface area contributed by atoms with Crippen LogP contribution in [0.1, 0.15) is 70.6 Å². The maximum Gasteiger partial charge on any atom is 0.254 e. The van der Waals surface area contributed by atoms with Crippen LogP contribution in [0.5, 0.6) is 0 Å². The van der Waals surface area contributed by atoms with Crippen molar-refractivity contribution in [2.75, 3.05) is 6.54 Å². The Labute approximate surface area is 169 Å². The van der Waals surface area contributed by atoms with Gasteiger partial charge >= 0.3 is 0 Å². The Morgan fingerprint density at radius 1 is 1.07 bits per heavy atom. The van der Waals surface area contributed by atoms with Crippen molar-refractivity contribution in [3.63, 3.8) is 0 Å². The van der Waals surface area contributed by atoms with Crippen molar-refractivity contribution >= 4 is 28.7 Å². The van der Waals surface area contributed by atoms with E-state index in [2.05, 4.69) is 10.0 Å². The molecule has 1 saturated heterocycles. The van der Waals surface area contributed by atoms with Gasteiger partial charge in [0.1, 0.15) is 23.1 Å². The van der Waals surface area contributed by atoms with Gasteiger partial charge in [0.2, 0.25) is 11.8 Å². The van der Waals surface area contributed by atoms with Gasteiger partial charge in [-0.2, -0.15) is 0 Å². The lowest BCUT2D eigenvalue weighted by molar-refractivity contribution is -0.139. The second-order valence-corrected chi connectivity index (χ2v) is 9.40. The molecule has 0 aromatic carbocycles. The van der Waals surface area contributed by atoms with E-state index in [1.54, 1.807) is 4.90 Å². The standard InChI is InChI=1S/C20H31N3O4S/c24-18-11-7-5-3-1-2-4-6-9-16(19(25)22-28(27)15-12-13-15)21-20(26)17-10-8-14-23(17)18/h4,6,15-17H,1-3,5,7-14H2,(H,21,26)(H,22,25)/b6-4-/t16-,17?,28?/m1/s1. The predicted octanol–water partition coefficient (Wildman–Crippen LogP) is 1.70. The van der Waals surface area contributed by atoms with Crippen LogP contribution in [0.25, 0.3) is 0 Å². The van der Waals surface area contributed by atoms with Gasteiger partial charge in [-0.05, 0) is 51.4 Å². The maximum atomic E-state index is 12.8. The first kappa shape index (κ1) is 21.0. The predicted molar refractivity (Wildman–Crippen MR) is 107 cm³/mol. The molecule has 1 saturated carbocycles. The Morgan fingerprint density at radius 3 is 2.64 bits per heavy atom. The number of nitrogens with zero attached hydrogens (tertiary/aromatic N) is 1. The van der Waals surface area contributed by atoms with Crippen LogP contribution in [0, 0.1) is 0 Å². The van der Waals surface area contributed by atoms with Crippen molar-refractivity contribution in [2.45, 2.75) is 88.0 Å². The molecule has 0 aromatic heterocycles. The Hall–Kier alpha value is -1.70. The summed E-state index contributed by atoms with van der Waals surface area (Å²) in [5, 5.41) is 2.85. The SMILES string of the molecule is O=C1N[C@@H](C(=O)NS(=O)C2CC2)C/C=C\CCCCCCC(=O)N2CCCC12. The van der Waals surface area contributed by atoms with E-state index in [0.29, 0.717) is 25.8 Å². The first-order chi connectivity index (χ1) is 13.6. The third-order valence-corrected chi connectivity index (χ3v) is 7.07. The van der Waals surface area contributed by atoms with Gasteiger partial charge in [-0.1, -0.05) is 25.0 Å². The molecule has 2 aliphatic heterocycles. The minimum atomic E-state index is -1.39. The Morgan fingerprint density at radius 2 is 1.86 bits per heavy atom. The smallest absolute Gasteiger partial charge is 0.254 e. The number of hydrogen-bond donors (Lipinski definition) is 2. The molecule has 1 aliphatic carbocycles. The number of fused-ring (bicyclic) bond motifs is 1. The number of hydrogen-bond acceptors (Lipinski definition) is 4. The highest BCUT2D eigenvalue weighted by Gasteiger charge is 2.36. The summed E-state index contributed by atoms with van der Waals surface area (Å²) in [5.41, 5.74) is 0. The summed E-state index contributed by atoms with van der Waals surface area (Å²) in [6, 6.07) is -1.28. The molecule has 3 amide bonds. The molecule has 8 heteroatoms. The van der Waals surface area contributed by atoms with Gasteiger partial charge in [0.15, 0.2) is 0 Å². The van der Waals surface area contributed by atoms with Crippen molar-refractivity contribution in [1.29, 1.82) is 0 Å². The number of carbonyl (C=O) groups excluding carboxylic acids is 3. The van der Waals surface area contributed by atoms with Crippen molar-refractivity contribution in [1.82, 2.24) is 14.9 Å². The molecule has 7 nitrogen and oxygen atoms in total. The van der Waals surface area contributed by atoms with Crippen LogP contribution < -0.4 is 10.0 Å². The zero-order chi connectivity index (χ0) is 19.9. The Balaban J connectivity index is 1.69. The van der Waals surface area contributed by atoms with Gasteiger partial charge in [-0.25, -0.2) is 4.21 Å². The quantitative estimate of drug-likeness (QED) is 0.694. The highest BCUT2D eigenvalue weighted by molar-refractivity contribution is 7.84.